The van der Waals surface area contributed by atoms with Crippen LogP contribution in [0.2, 0.25) is 0 Å². The van der Waals surface area contributed by atoms with Gasteiger partial charge in [0, 0.05) is 10.7 Å². The zero-order valence-electron chi connectivity index (χ0n) is 11.0. The molecule has 0 bridgehead atoms. The first-order chi connectivity index (χ1) is 8.78. The lowest BCUT2D eigenvalue weighted by Crippen LogP contribution is -2.32. The van der Waals surface area contributed by atoms with E-state index in [4.69, 9.17) is 9.47 Å². The Labute approximate surface area is 118 Å². The van der Waals surface area contributed by atoms with Gasteiger partial charge < -0.3 is 9.47 Å². The third-order valence-corrected chi connectivity index (χ3v) is 4.99. The van der Waals surface area contributed by atoms with Crippen LogP contribution in [0.25, 0.3) is 0 Å². The molecule has 2 rings (SSSR count). The van der Waals surface area contributed by atoms with Gasteiger partial charge in [0.1, 0.15) is 11.5 Å². The minimum Gasteiger partial charge on any atom is -0.497 e. The molecule has 0 saturated heterocycles. The van der Waals surface area contributed by atoms with Crippen molar-refractivity contribution in [2.75, 3.05) is 19.0 Å². The third-order valence-electron chi connectivity index (χ3n) is 3.80. The summed E-state index contributed by atoms with van der Waals surface area (Å²) in [4.78, 5) is 0. The SMILES string of the molecule is COc1ccc(OCC2(CBr)CCCCC2)cc1. The van der Waals surface area contributed by atoms with Gasteiger partial charge >= 0.3 is 0 Å². The topological polar surface area (TPSA) is 18.5 Å². The average Bonchev–Trinajstić information content (AvgIpc) is 2.47. The summed E-state index contributed by atoms with van der Waals surface area (Å²) < 4.78 is 11.1. The summed E-state index contributed by atoms with van der Waals surface area (Å²) in [6.45, 7) is 0.810. The van der Waals surface area contributed by atoms with Crippen molar-refractivity contribution in [1.29, 1.82) is 0 Å². The van der Waals surface area contributed by atoms with Gasteiger partial charge in [-0.05, 0) is 37.1 Å². The van der Waals surface area contributed by atoms with Crippen molar-refractivity contribution >= 4 is 15.9 Å². The monoisotopic (exact) mass is 312 g/mol. The molecule has 0 amide bonds. The number of hydrogen-bond acceptors (Lipinski definition) is 2. The summed E-state index contributed by atoms with van der Waals surface area (Å²) >= 11 is 3.66. The lowest BCUT2D eigenvalue weighted by atomic mass is 9.76. The van der Waals surface area contributed by atoms with E-state index in [1.165, 1.54) is 32.1 Å². The first-order valence-corrected chi connectivity index (χ1v) is 7.73. The van der Waals surface area contributed by atoms with E-state index in [1.807, 2.05) is 24.3 Å². The van der Waals surface area contributed by atoms with Crippen molar-refractivity contribution in [1.82, 2.24) is 0 Å². The quantitative estimate of drug-likeness (QED) is 0.749. The highest BCUT2D eigenvalue weighted by Crippen LogP contribution is 2.38. The smallest absolute Gasteiger partial charge is 0.119 e. The number of methoxy groups -OCH3 is 1. The number of halogens is 1. The van der Waals surface area contributed by atoms with Gasteiger partial charge in [-0.15, -0.1) is 0 Å². The van der Waals surface area contributed by atoms with Gasteiger partial charge in [0.15, 0.2) is 0 Å². The lowest BCUT2D eigenvalue weighted by molar-refractivity contribution is 0.122. The van der Waals surface area contributed by atoms with E-state index in [1.54, 1.807) is 7.11 Å². The van der Waals surface area contributed by atoms with Crippen molar-refractivity contribution < 1.29 is 9.47 Å². The molecule has 18 heavy (non-hydrogen) atoms. The van der Waals surface area contributed by atoms with Crippen molar-refractivity contribution in [2.24, 2.45) is 5.41 Å². The second-order valence-electron chi connectivity index (χ2n) is 5.16. The normalized spacial score (nSPS) is 18.3. The highest BCUT2D eigenvalue weighted by Gasteiger charge is 2.31. The van der Waals surface area contributed by atoms with Crippen LogP contribution in [-0.2, 0) is 0 Å². The van der Waals surface area contributed by atoms with Gasteiger partial charge in [-0.3, -0.25) is 0 Å². The number of hydrogen-bond donors (Lipinski definition) is 0. The van der Waals surface area contributed by atoms with Gasteiger partial charge in [-0.1, -0.05) is 35.2 Å². The Bertz CT molecular complexity index is 355. The third kappa shape index (κ3) is 3.41. The van der Waals surface area contributed by atoms with Crippen LogP contribution in [0, 0.1) is 5.41 Å². The Morgan fingerprint density at radius 3 is 2.22 bits per heavy atom. The molecule has 1 fully saturated rings. The number of ether oxygens (including phenoxy) is 2. The molecule has 1 aliphatic carbocycles. The predicted octanol–water partition coefficient (Wildman–Crippen LogP) is 4.42. The van der Waals surface area contributed by atoms with Gasteiger partial charge in [-0.25, -0.2) is 0 Å². The van der Waals surface area contributed by atoms with Crippen LogP contribution in [0.5, 0.6) is 11.5 Å². The highest BCUT2D eigenvalue weighted by atomic mass is 79.9. The Hall–Kier alpha value is -0.700. The Morgan fingerprint density at radius 1 is 1.06 bits per heavy atom. The minimum atomic E-state index is 0.332. The lowest BCUT2D eigenvalue weighted by Gasteiger charge is -2.35. The maximum Gasteiger partial charge on any atom is 0.119 e. The highest BCUT2D eigenvalue weighted by molar-refractivity contribution is 9.09. The summed E-state index contributed by atoms with van der Waals surface area (Å²) in [5.41, 5.74) is 0.332. The second-order valence-corrected chi connectivity index (χ2v) is 5.72. The molecule has 0 heterocycles. The summed E-state index contributed by atoms with van der Waals surface area (Å²) in [6.07, 6.45) is 6.58. The summed E-state index contributed by atoms with van der Waals surface area (Å²) in [5.74, 6) is 1.80. The minimum absolute atomic E-state index is 0.332. The molecule has 0 N–H and O–H groups in total. The van der Waals surface area contributed by atoms with Crippen molar-refractivity contribution in [2.45, 2.75) is 32.1 Å². The molecule has 0 atom stereocenters. The molecule has 100 valence electrons. The Kier molecular flexibility index (Phi) is 4.93. The average molecular weight is 313 g/mol. The van der Waals surface area contributed by atoms with Gasteiger partial charge in [0.25, 0.3) is 0 Å². The first kappa shape index (κ1) is 13.7. The summed E-state index contributed by atoms with van der Waals surface area (Å²) in [6, 6.07) is 7.83. The second kappa shape index (κ2) is 6.46. The van der Waals surface area contributed by atoms with Crippen LogP contribution in [-0.4, -0.2) is 19.0 Å². The standard InChI is InChI=1S/C15H21BrO2/c1-17-13-5-7-14(8-6-13)18-12-15(11-16)9-3-2-4-10-15/h5-8H,2-4,9-12H2,1H3. The van der Waals surface area contributed by atoms with Crippen LogP contribution in [0.3, 0.4) is 0 Å². The number of alkyl halides is 1. The molecule has 0 radical (unpaired) electrons. The molecule has 1 saturated carbocycles. The van der Waals surface area contributed by atoms with Crippen LogP contribution in [0.4, 0.5) is 0 Å². The molecular weight excluding hydrogens is 292 g/mol. The van der Waals surface area contributed by atoms with Crippen LogP contribution < -0.4 is 9.47 Å². The predicted molar refractivity (Wildman–Crippen MR) is 77.8 cm³/mol. The zero-order valence-corrected chi connectivity index (χ0v) is 12.5. The van der Waals surface area contributed by atoms with Gasteiger partial charge in [-0.2, -0.15) is 0 Å². The fraction of sp³-hybridized carbons (Fsp3) is 0.600. The van der Waals surface area contributed by atoms with Crippen LogP contribution in [0.1, 0.15) is 32.1 Å². The maximum atomic E-state index is 5.95. The van der Waals surface area contributed by atoms with E-state index < -0.39 is 0 Å². The molecular formula is C15H21BrO2. The van der Waals surface area contributed by atoms with Crippen LogP contribution >= 0.6 is 15.9 Å². The Balaban J connectivity index is 1.92. The fourth-order valence-electron chi connectivity index (χ4n) is 2.53. The zero-order chi connectivity index (χ0) is 12.8. The van der Waals surface area contributed by atoms with Gasteiger partial charge in [0.05, 0.1) is 13.7 Å². The molecule has 2 nitrogen and oxygen atoms in total. The Morgan fingerprint density at radius 2 is 1.67 bits per heavy atom. The largest absolute Gasteiger partial charge is 0.497 e. The van der Waals surface area contributed by atoms with E-state index in [-0.39, 0.29) is 0 Å². The summed E-state index contributed by atoms with van der Waals surface area (Å²) in [7, 11) is 1.68. The number of rotatable bonds is 5. The maximum absolute atomic E-state index is 5.95. The first-order valence-electron chi connectivity index (χ1n) is 6.61. The van der Waals surface area contributed by atoms with Crippen molar-refractivity contribution in [3.05, 3.63) is 24.3 Å². The van der Waals surface area contributed by atoms with Gasteiger partial charge in [0.2, 0.25) is 0 Å². The summed E-state index contributed by atoms with van der Waals surface area (Å²) in [5, 5.41) is 1.04. The molecule has 1 aliphatic rings. The van der Waals surface area contributed by atoms with Crippen LogP contribution in [0.15, 0.2) is 24.3 Å². The van der Waals surface area contributed by atoms with E-state index in [9.17, 15) is 0 Å². The van der Waals surface area contributed by atoms with E-state index in [0.717, 1.165) is 23.4 Å². The molecule has 1 aromatic rings. The molecule has 0 unspecified atom stereocenters. The molecule has 1 aromatic carbocycles. The number of benzene rings is 1. The van der Waals surface area contributed by atoms with Crippen molar-refractivity contribution in [3.63, 3.8) is 0 Å². The molecule has 0 spiro atoms. The van der Waals surface area contributed by atoms with E-state index in [2.05, 4.69) is 15.9 Å². The molecule has 3 heteroatoms. The fourth-order valence-corrected chi connectivity index (χ4v) is 3.25. The molecule has 0 aliphatic heterocycles. The van der Waals surface area contributed by atoms with E-state index in [0.29, 0.717) is 5.41 Å². The molecule has 0 aromatic heterocycles. The van der Waals surface area contributed by atoms with Crippen molar-refractivity contribution in [3.8, 4) is 11.5 Å². The van der Waals surface area contributed by atoms with E-state index >= 15 is 0 Å².